The van der Waals surface area contributed by atoms with E-state index in [4.69, 9.17) is 0 Å². The van der Waals surface area contributed by atoms with Crippen LogP contribution >= 0.6 is 49.6 Å². The topological polar surface area (TPSA) is 0 Å². The Morgan fingerprint density at radius 2 is 0.565 bits per heavy atom. The molecule has 0 bridgehead atoms. The Morgan fingerprint density at radius 1 is 0.348 bits per heavy atom. The zero-order valence-electron chi connectivity index (χ0n) is 12.4. The van der Waals surface area contributed by atoms with Gasteiger partial charge in [0.25, 0.3) is 0 Å². The second-order valence-electron chi connectivity index (χ2n) is 4.67. The summed E-state index contributed by atoms with van der Waals surface area (Å²) in [5.74, 6) is 0. The minimum atomic E-state index is -1.31. The monoisotopic (exact) mass is 402 g/mol. The zero-order valence-corrected chi connectivity index (χ0v) is 16.8. The van der Waals surface area contributed by atoms with Gasteiger partial charge in [-0.05, 0) is 0 Å². The number of halogens is 4. The fourth-order valence-corrected chi connectivity index (χ4v) is 5.49. The van der Waals surface area contributed by atoms with Gasteiger partial charge in [-0.1, -0.05) is 104 Å². The minimum absolute atomic E-state index is 0. The van der Waals surface area contributed by atoms with Gasteiger partial charge in [0.1, 0.15) is 0 Å². The van der Waals surface area contributed by atoms with Crippen molar-refractivity contribution < 1.29 is 0 Å². The van der Waals surface area contributed by atoms with Crippen molar-refractivity contribution in [2.45, 2.75) is 0 Å². The molecule has 3 rings (SSSR count). The van der Waals surface area contributed by atoms with Crippen LogP contribution in [0, 0.1) is 0 Å². The van der Waals surface area contributed by atoms with Gasteiger partial charge in [-0.2, -0.15) is 0 Å². The number of hydrogen-bond acceptors (Lipinski definition) is 0. The minimum Gasteiger partial charge on any atom is -0.147 e. The van der Waals surface area contributed by atoms with Crippen LogP contribution in [0.15, 0.2) is 91.0 Å². The normalized spacial score (nSPS) is 8.35. The van der Waals surface area contributed by atoms with Crippen molar-refractivity contribution in [1.82, 2.24) is 0 Å². The van der Waals surface area contributed by atoms with Crippen LogP contribution in [0.4, 0.5) is 0 Å². The third-order valence-electron chi connectivity index (χ3n) is 3.40. The first-order chi connectivity index (χ1) is 9.45. The van der Waals surface area contributed by atoms with E-state index in [0.29, 0.717) is 0 Å². The molecule has 0 aromatic heterocycles. The molecule has 0 heterocycles. The van der Waals surface area contributed by atoms with Crippen LogP contribution in [0.1, 0.15) is 0 Å². The van der Waals surface area contributed by atoms with E-state index >= 15 is 0 Å². The predicted octanol–water partition coefficient (Wildman–Crippen LogP) is 3.89. The lowest BCUT2D eigenvalue weighted by molar-refractivity contribution is 1.71. The zero-order chi connectivity index (χ0) is 12.9. The summed E-state index contributed by atoms with van der Waals surface area (Å²) in [6.45, 7) is 0. The Kier molecular flexibility index (Phi) is 13.6. The van der Waals surface area contributed by atoms with Gasteiger partial charge in [0, 0.05) is 0 Å². The van der Waals surface area contributed by atoms with E-state index < -0.39 is 14.1 Å². The van der Waals surface area contributed by atoms with Gasteiger partial charge in [0.05, 0.1) is 0 Å². The van der Waals surface area contributed by atoms with Crippen LogP contribution < -0.4 is 13.3 Å². The smallest absolute Gasteiger partial charge is 0.147 e. The third-order valence-corrected chi connectivity index (χ3v) is 6.55. The summed E-state index contributed by atoms with van der Waals surface area (Å²) < 4.78 is 4.42. The Morgan fingerprint density at radius 3 is 0.783 bits per heavy atom. The highest BCUT2D eigenvalue weighted by Crippen LogP contribution is 1.95. The number of rotatable bonds is 3. The van der Waals surface area contributed by atoms with E-state index in [1.165, 1.54) is 13.3 Å². The summed E-state index contributed by atoms with van der Waals surface area (Å²) >= 11 is -1.31. The van der Waals surface area contributed by atoms with Gasteiger partial charge in [0.15, 0.2) is 0 Å². The summed E-state index contributed by atoms with van der Waals surface area (Å²) in [5, 5.41) is 0. The lowest BCUT2D eigenvalue weighted by atomic mass is 10.3. The van der Waals surface area contributed by atoms with Crippen molar-refractivity contribution in [3.05, 3.63) is 91.0 Å². The molecule has 0 aliphatic carbocycles. The summed E-state index contributed by atoms with van der Waals surface area (Å²) in [4.78, 5) is 0. The van der Waals surface area contributed by atoms with Gasteiger partial charge in [0.2, 0.25) is 0 Å². The van der Waals surface area contributed by atoms with Gasteiger partial charge in [-0.15, -0.1) is 49.6 Å². The molecule has 0 unspecified atom stereocenters. The largest absolute Gasteiger partial charge is 0.383 e. The number of benzene rings is 3. The summed E-state index contributed by atoms with van der Waals surface area (Å²) in [7, 11) is 0. The maximum Gasteiger partial charge on any atom is 0.383 e. The van der Waals surface area contributed by atoms with Crippen molar-refractivity contribution in [1.29, 1.82) is 0 Å². The highest BCUT2D eigenvalue weighted by molar-refractivity contribution is 6.95. The summed E-state index contributed by atoms with van der Waals surface area (Å²) in [6.07, 6.45) is 0. The van der Waals surface area contributed by atoms with Gasteiger partial charge in [-0.25, -0.2) is 0 Å². The SMILES string of the molecule is Cl.Cl.Cl.Cl.c1cc[c]([Al]([c]2ccccc2)[c]2ccccc2)cc1. The molecule has 0 spiro atoms. The fourth-order valence-electron chi connectivity index (χ4n) is 2.51. The molecule has 0 aliphatic rings. The molecule has 3 aromatic carbocycles. The lowest BCUT2D eigenvalue weighted by Gasteiger charge is -2.13. The third kappa shape index (κ3) is 6.40. The van der Waals surface area contributed by atoms with Crippen molar-refractivity contribution in [3.63, 3.8) is 0 Å². The van der Waals surface area contributed by atoms with Crippen LogP contribution in [-0.4, -0.2) is 14.1 Å². The number of hydrogen-bond donors (Lipinski definition) is 0. The quantitative estimate of drug-likeness (QED) is 0.582. The van der Waals surface area contributed by atoms with Crippen molar-refractivity contribution >= 4 is 77.1 Å². The fraction of sp³-hybridized carbons (Fsp3) is 0. The predicted molar refractivity (Wildman–Crippen MR) is 113 cm³/mol. The van der Waals surface area contributed by atoms with Crippen LogP contribution in [0.25, 0.3) is 0 Å². The molecular formula is C18H19AlCl4. The molecule has 0 saturated carbocycles. The second kappa shape index (κ2) is 12.7. The summed E-state index contributed by atoms with van der Waals surface area (Å²) in [6, 6.07) is 32.7. The Bertz CT molecular complexity index is 539. The first kappa shape index (κ1) is 24.6. The lowest BCUT2D eigenvalue weighted by Crippen LogP contribution is -2.51. The molecule has 0 amide bonds. The van der Waals surface area contributed by atoms with Gasteiger partial charge in [-0.3, -0.25) is 0 Å². The molecule has 5 heteroatoms. The maximum atomic E-state index is 2.26. The Balaban J connectivity index is 0. The van der Waals surface area contributed by atoms with E-state index in [2.05, 4.69) is 91.0 Å². The Hall–Kier alpha value is -0.648. The molecule has 0 N–H and O–H groups in total. The molecule has 0 saturated heterocycles. The maximum absolute atomic E-state index is 2.26. The molecule has 3 aromatic rings. The van der Waals surface area contributed by atoms with E-state index in [-0.39, 0.29) is 49.6 Å². The molecule has 0 nitrogen and oxygen atoms in total. The summed E-state index contributed by atoms with van der Waals surface area (Å²) in [5.41, 5.74) is 0. The standard InChI is InChI=1S/3C6H5.Al.4ClH/c3*1-2-4-6-5-3-1;;;;;/h3*1-5H;;4*1H. The van der Waals surface area contributed by atoms with E-state index in [1.54, 1.807) is 0 Å². The van der Waals surface area contributed by atoms with Crippen LogP contribution in [0.2, 0.25) is 0 Å². The van der Waals surface area contributed by atoms with Crippen molar-refractivity contribution in [2.75, 3.05) is 0 Å². The van der Waals surface area contributed by atoms with E-state index in [9.17, 15) is 0 Å². The molecule has 0 aliphatic heterocycles. The van der Waals surface area contributed by atoms with E-state index in [1.807, 2.05) is 0 Å². The van der Waals surface area contributed by atoms with Crippen LogP contribution in [0.3, 0.4) is 0 Å². The molecule has 0 radical (unpaired) electrons. The first-order valence-corrected chi connectivity index (χ1v) is 8.33. The highest BCUT2D eigenvalue weighted by atomic mass is 35.5. The van der Waals surface area contributed by atoms with Gasteiger partial charge >= 0.3 is 14.1 Å². The molecule has 0 fully saturated rings. The van der Waals surface area contributed by atoms with Gasteiger partial charge < -0.3 is 0 Å². The highest BCUT2D eigenvalue weighted by Gasteiger charge is 2.23. The van der Waals surface area contributed by atoms with Crippen LogP contribution in [0.5, 0.6) is 0 Å². The van der Waals surface area contributed by atoms with Crippen LogP contribution in [-0.2, 0) is 0 Å². The average molecular weight is 404 g/mol. The van der Waals surface area contributed by atoms with Crippen molar-refractivity contribution in [3.8, 4) is 0 Å². The molecule has 122 valence electrons. The van der Waals surface area contributed by atoms with Crippen molar-refractivity contribution in [2.24, 2.45) is 0 Å². The first-order valence-electron chi connectivity index (χ1n) is 6.60. The molecular weight excluding hydrogens is 385 g/mol. The molecule has 23 heavy (non-hydrogen) atoms. The molecule has 0 atom stereocenters. The second-order valence-corrected chi connectivity index (χ2v) is 7.53. The average Bonchev–Trinajstić information content (AvgIpc) is 2.51. The van der Waals surface area contributed by atoms with E-state index in [0.717, 1.165) is 0 Å². The Labute approximate surface area is 167 Å².